The third-order valence-electron chi connectivity index (χ3n) is 4.65. The van der Waals surface area contributed by atoms with Crippen LogP contribution in [-0.4, -0.2) is 52.1 Å². The van der Waals surface area contributed by atoms with E-state index in [4.69, 9.17) is 5.11 Å². The maximum Gasteiger partial charge on any atom is 0.323 e. The number of carboxylic acid groups (broad SMARTS) is 1. The van der Waals surface area contributed by atoms with E-state index in [1.54, 1.807) is 16.7 Å². The second-order valence-corrected chi connectivity index (χ2v) is 7.15. The van der Waals surface area contributed by atoms with E-state index in [-0.39, 0.29) is 24.7 Å². The normalized spacial score (nSPS) is 26.5. The Balaban J connectivity index is 1.97. The third kappa shape index (κ3) is 4.53. The predicted molar refractivity (Wildman–Crippen MR) is 84.7 cm³/mol. The molecule has 2 aliphatic carbocycles. The predicted octanol–water partition coefficient (Wildman–Crippen LogP) is 2.70. The number of nitrogens with one attached hydrogen (secondary N) is 1. The van der Waals surface area contributed by atoms with Crippen molar-refractivity contribution in [1.29, 1.82) is 0 Å². The number of carbonyl (C=O) groups is 2. The molecular weight excluding hydrogens is 288 g/mol. The average molecular weight is 314 g/mol. The van der Waals surface area contributed by atoms with Gasteiger partial charge in [0.15, 0.2) is 0 Å². The summed E-state index contributed by atoms with van der Waals surface area (Å²) >= 11 is 1.80. The molecule has 0 bridgehead atoms. The fourth-order valence-electron chi connectivity index (χ4n) is 3.51. The number of rotatable bonds is 5. The van der Waals surface area contributed by atoms with Crippen molar-refractivity contribution >= 4 is 23.8 Å². The minimum absolute atomic E-state index is 0.0948. The van der Waals surface area contributed by atoms with Crippen LogP contribution in [-0.2, 0) is 4.79 Å². The molecule has 2 aliphatic rings. The van der Waals surface area contributed by atoms with E-state index in [1.165, 1.54) is 6.42 Å². The first-order valence-electron chi connectivity index (χ1n) is 7.93. The fraction of sp³-hybridized carbons (Fsp3) is 0.867. The zero-order valence-corrected chi connectivity index (χ0v) is 13.5. The highest BCUT2D eigenvalue weighted by molar-refractivity contribution is 7.99. The molecule has 0 aromatic heterocycles. The van der Waals surface area contributed by atoms with E-state index in [9.17, 15) is 9.59 Å². The number of hydrogen-bond donors (Lipinski definition) is 2. The van der Waals surface area contributed by atoms with Crippen LogP contribution in [0.3, 0.4) is 0 Å². The summed E-state index contributed by atoms with van der Waals surface area (Å²) in [6.45, 7) is -0.187. The van der Waals surface area contributed by atoms with Crippen LogP contribution in [0.5, 0.6) is 0 Å². The van der Waals surface area contributed by atoms with Crippen LogP contribution in [0.25, 0.3) is 0 Å². The third-order valence-corrected chi connectivity index (χ3v) is 5.82. The molecule has 0 radical (unpaired) electrons. The standard InChI is InChI=1S/C15H26N2O3S/c1-21-13-9-5-4-8-12(13)16-15(20)17(10-14(18)19)11-6-2-3-7-11/h11-13H,2-10H2,1H3,(H,16,20)(H,18,19). The Morgan fingerprint density at radius 2 is 1.76 bits per heavy atom. The molecule has 2 unspecified atom stereocenters. The van der Waals surface area contributed by atoms with E-state index >= 15 is 0 Å². The maximum atomic E-state index is 12.5. The summed E-state index contributed by atoms with van der Waals surface area (Å²) < 4.78 is 0. The molecule has 6 heteroatoms. The molecule has 0 aliphatic heterocycles. The van der Waals surface area contributed by atoms with Crippen LogP contribution in [0, 0.1) is 0 Å². The molecule has 21 heavy (non-hydrogen) atoms. The average Bonchev–Trinajstić information content (AvgIpc) is 2.99. The van der Waals surface area contributed by atoms with Gasteiger partial charge in [-0.1, -0.05) is 25.7 Å². The van der Waals surface area contributed by atoms with E-state index in [2.05, 4.69) is 11.6 Å². The molecule has 2 amide bonds. The highest BCUT2D eigenvalue weighted by Gasteiger charge is 2.32. The molecule has 2 N–H and O–H groups in total. The Morgan fingerprint density at radius 3 is 2.38 bits per heavy atom. The van der Waals surface area contributed by atoms with Gasteiger partial charge in [0, 0.05) is 17.3 Å². The molecule has 0 aromatic carbocycles. The first-order valence-corrected chi connectivity index (χ1v) is 9.22. The Bertz CT molecular complexity index is 372. The van der Waals surface area contributed by atoms with Crippen molar-refractivity contribution in [2.45, 2.75) is 68.7 Å². The molecule has 0 heterocycles. The lowest BCUT2D eigenvalue weighted by atomic mass is 9.95. The van der Waals surface area contributed by atoms with Gasteiger partial charge in [0.05, 0.1) is 0 Å². The van der Waals surface area contributed by atoms with Gasteiger partial charge in [-0.15, -0.1) is 0 Å². The van der Waals surface area contributed by atoms with Crippen LogP contribution >= 0.6 is 11.8 Å². The number of aliphatic carboxylic acids is 1. The largest absolute Gasteiger partial charge is 0.480 e. The van der Waals surface area contributed by atoms with E-state index in [1.807, 2.05) is 0 Å². The van der Waals surface area contributed by atoms with Gasteiger partial charge in [0.25, 0.3) is 0 Å². The summed E-state index contributed by atoms with van der Waals surface area (Å²) in [5, 5.41) is 12.6. The minimum Gasteiger partial charge on any atom is -0.480 e. The molecule has 5 nitrogen and oxygen atoms in total. The van der Waals surface area contributed by atoms with E-state index in [0.717, 1.165) is 44.9 Å². The summed E-state index contributed by atoms with van der Waals surface area (Å²) in [5.41, 5.74) is 0. The van der Waals surface area contributed by atoms with Crippen LogP contribution in [0.15, 0.2) is 0 Å². The van der Waals surface area contributed by atoms with Gasteiger partial charge >= 0.3 is 12.0 Å². The van der Waals surface area contributed by atoms with Crippen molar-refractivity contribution in [1.82, 2.24) is 10.2 Å². The van der Waals surface area contributed by atoms with Gasteiger partial charge in [0.1, 0.15) is 6.54 Å². The summed E-state index contributed by atoms with van der Waals surface area (Å²) in [6, 6.07) is 0.0895. The van der Waals surface area contributed by atoms with Crippen molar-refractivity contribution in [3.05, 3.63) is 0 Å². The summed E-state index contributed by atoms with van der Waals surface area (Å²) in [7, 11) is 0. The quantitative estimate of drug-likeness (QED) is 0.818. The van der Waals surface area contributed by atoms with Gasteiger partial charge in [0.2, 0.25) is 0 Å². The summed E-state index contributed by atoms with van der Waals surface area (Å²) in [5.74, 6) is -0.929. The SMILES string of the molecule is CSC1CCCCC1NC(=O)N(CC(=O)O)C1CCCC1. The topological polar surface area (TPSA) is 69.6 Å². The highest BCUT2D eigenvalue weighted by Crippen LogP contribution is 2.28. The molecule has 120 valence electrons. The van der Waals surface area contributed by atoms with Gasteiger partial charge in [-0.05, 0) is 31.9 Å². The Kier molecular flexibility index (Phi) is 6.21. The Hall–Kier alpha value is -0.910. The van der Waals surface area contributed by atoms with E-state index in [0.29, 0.717) is 5.25 Å². The first-order chi connectivity index (χ1) is 10.1. The number of nitrogens with zero attached hydrogens (tertiary/aromatic N) is 1. The molecular formula is C15H26N2O3S. The lowest BCUT2D eigenvalue weighted by molar-refractivity contribution is -0.138. The molecule has 0 spiro atoms. The van der Waals surface area contributed by atoms with Crippen molar-refractivity contribution in [2.75, 3.05) is 12.8 Å². The number of carboxylic acids is 1. The van der Waals surface area contributed by atoms with Gasteiger partial charge in [-0.3, -0.25) is 4.79 Å². The molecule has 2 rings (SSSR count). The first kappa shape index (κ1) is 16.5. The Morgan fingerprint density at radius 1 is 1.14 bits per heavy atom. The van der Waals surface area contributed by atoms with Crippen molar-refractivity contribution in [3.63, 3.8) is 0 Å². The number of thioether (sulfide) groups is 1. The minimum atomic E-state index is -0.929. The molecule has 2 saturated carbocycles. The monoisotopic (exact) mass is 314 g/mol. The molecule has 0 saturated heterocycles. The van der Waals surface area contributed by atoms with Gasteiger partial charge in [-0.25, -0.2) is 4.79 Å². The fourth-order valence-corrected chi connectivity index (χ4v) is 4.45. The van der Waals surface area contributed by atoms with Gasteiger partial charge < -0.3 is 15.3 Å². The maximum absolute atomic E-state index is 12.5. The smallest absolute Gasteiger partial charge is 0.323 e. The summed E-state index contributed by atoms with van der Waals surface area (Å²) in [6.07, 6.45) is 10.6. The van der Waals surface area contributed by atoms with Crippen molar-refractivity contribution in [3.8, 4) is 0 Å². The van der Waals surface area contributed by atoms with Crippen molar-refractivity contribution in [2.24, 2.45) is 0 Å². The number of carbonyl (C=O) groups excluding carboxylic acids is 1. The van der Waals surface area contributed by atoms with Crippen LogP contribution < -0.4 is 5.32 Å². The second-order valence-electron chi connectivity index (χ2n) is 6.07. The number of hydrogen-bond acceptors (Lipinski definition) is 3. The second kappa shape index (κ2) is 7.92. The van der Waals surface area contributed by atoms with Crippen LogP contribution in [0.2, 0.25) is 0 Å². The molecule has 0 aromatic rings. The lowest BCUT2D eigenvalue weighted by Gasteiger charge is -2.34. The number of urea groups is 1. The zero-order chi connectivity index (χ0) is 15.2. The van der Waals surface area contributed by atoms with Crippen molar-refractivity contribution < 1.29 is 14.7 Å². The van der Waals surface area contributed by atoms with Crippen LogP contribution in [0.1, 0.15) is 51.4 Å². The lowest BCUT2D eigenvalue weighted by Crippen LogP contribution is -2.53. The van der Waals surface area contributed by atoms with E-state index < -0.39 is 5.97 Å². The zero-order valence-electron chi connectivity index (χ0n) is 12.7. The molecule has 2 fully saturated rings. The highest BCUT2D eigenvalue weighted by atomic mass is 32.2. The number of amides is 2. The molecule has 2 atom stereocenters. The van der Waals surface area contributed by atoms with Gasteiger partial charge in [-0.2, -0.15) is 11.8 Å². The Labute approximate surface area is 130 Å². The van der Waals surface area contributed by atoms with Crippen LogP contribution in [0.4, 0.5) is 4.79 Å². The summed E-state index contributed by atoms with van der Waals surface area (Å²) in [4.78, 5) is 25.1.